The van der Waals surface area contributed by atoms with Gasteiger partial charge in [0.1, 0.15) is 6.04 Å². The summed E-state index contributed by atoms with van der Waals surface area (Å²) >= 11 is 0. The number of anilines is 1. The lowest BCUT2D eigenvalue weighted by Crippen LogP contribution is -2.49. The average Bonchev–Trinajstić information content (AvgIpc) is 2.97. The minimum absolute atomic E-state index is 0.0721. The number of fused-ring (bicyclic) bond motifs is 1. The monoisotopic (exact) mass is 552 g/mol. The van der Waals surface area contributed by atoms with Gasteiger partial charge in [-0.15, -0.1) is 0 Å². The van der Waals surface area contributed by atoms with Crippen LogP contribution >= 0.6 is 0 Å². The molecule has 9 heteroatoms. The minimum Gasteiger partial charge on any atom is -0.493 e. The van der Waals surface area contributed by atoms with Gasteiger partial charge in [-0.25, -0.2) is 4.79 Å². The summed E-state index contributed by atoms with van der Waals surface area (Å²) in [5.74, 6) is 1.16. The number of nitrogens with one attached hydrogen (secondary N) is 3. The second-order valence-corrected chi connectivity index (χ2v) is 10.2. The minimum atomic E-state index is -0.599. The van der Waals surface area contributed by atoms with Crippen molar-refractivity contribution >= 4 is 23.5 Å². The second-order valence-electron chi connectivity index (χ2n) is 10.2. The fourth-order valence-corrected chi connectivity index (χ4v) is 4.90. The summed E-state index contributed by atoms with van der Waals surface area (Å²) in [6.07, 6.45) is 7.05. The number of ether oxygens (including phenoxy) is 2. The number of carbonyl (C=O) groups excluding carboxylic acids is 3. The SMILES string of the molecule is CCCCCCC(=O)NC(CCCCNC(=O)Nc1ccccc1)C(=O)N1CCc2cc(OC)c(OC)cc2C1. The van der Waals surface area contributed by atoms with E-state index in [0.717, 1.165) is 42.5 Å². The largest absolute Gasteiger partial charge is 0.493 e. The van der Waals surface area contributed by atoms with Gasteiger partial charge in [-0.05, 0) is 67.5 Å². The van der Waals surface area contributed by atoms with Crippen molar-refractivity contribution in [1.82, 2.24) is 15.5 Å². The Morgan fingerprint density at radius 2 is 1.65 bits per heavy atom. The number of hydrogen-bond donors (Lipinski definition) is 3. The molecule has 0 saturated heterocycles. The number of urea groups is 1. The summed E-state index contributed by atoms with van der Waals surface area (Å²) < 4.78 is 10.9. The Bertz CT molecular complexity index is 1110. The first kappa shape index (κ1) is 30.8. The highest BCUT2D eigenvalue weighted by Gasteiger charge is 2.29. The number of nitrogens with zero attached hydrogens (tertiary/aromatic N) is 1. The number of methoxy groups -OCH3 is 2. The first-order chi connectivity index (χ1) is 19.4. The van der Waals surface area contributed by atoms with Gasteiger partial charge < -0.3 is 30.3 Å². The van der Waals surface area contributed by atoms with E-state index in [4.69, 9.17) is 9.47 Å². The third kappa shape index (κ3) is 9.47. The van der Waals surface area contributed by atoms with Crippen LogP contribution in [0.15, 0.2) is 42.5 Å². The first-order valence-electron chi connectivity index (χ1n) is 14.4. The molecule has 218 valence electrons. The molecule has 0 fully saturated rings. The number of carbonyl (C=O) groups is 3. The molecule has 1 atom stereocenters. The highest BCUT2D eigenvalue weighted by atomic mass is 16.5. The maximum absolute atomic E-state index is 13.6. The third-order valence-corrected chi connectivity index (χ3v) is 7.16. The van der Waals surface area contributed by atoms with Crippen LogP contribution in [0, 0.1) is 0 Å². The molecule has 2 aromatic carbocycles. The van der Waals surface area contributed by atoms with E-state index in [-0.39, 0.29) is 17.8 Å². The van der Waals surface area contributed by atoms with Gasteiger partial charge >= 0.3 is 6.03 Å². The summed E-state index contributed by atoms with van der Waals surface area (Å²) in [5.41, 5.74) is 2.89. The molecule has 1 unspecified atom stereocenters. The fourth-order valence-electron chi connectivity index (χ4n) is 4.90. The molecular weight excluding hydrogens is 508 g/mol. The van der Waals surface area contributed by atoms with E-state index in [2.05, 4.69) is 22.9 Å². The fraction of sp³-hybridized carbons (Fsp3) is 0.516. The lowest BCUT2D eigenvalue weighted by molar-refractivity contribution is -0.137. The van der Waals surface area contributed by atoms with E-state index in [0.29, 0.717) is 63.2 Å². The van der Waals surface area contributed by atoms with Gasteiger partial charge in [0.2, 0.25) is 11.8 Å². The normalized spacial score (nSPS) is 13.1. The quantitative estimate of drug-likeness (QED) is 0.268. The van der Waals surface area contributed by atoms with Crippen molar-refractivity contribution in [2.75, 3.05) is 32.6 Å². The molecule has 40 heavy (non-hydrogen) atoms. The Morgan fingerprint density at radius 1 is 0.925 bits per heavy atom. The molecule has 3 rings (SSSR count). The van der Waals surface area contributed by atoms with Crippen molar-refractivity contribution in [1.29, 1.82) is 0 Å². The molecule has 1 aliphatic heterocycles. The van der Waals surface area contributed by atoms with Crippen molar-refractivity contribution in [3.8, 4) is 11.5 Å². The maximum atomic E-state index is 13.6. The number of benzene rings is 2. The standard InChI is InChI=1S/C31H44N4O5/c1-4-5-6-10-16-29(36)34-26(15-11-12-18-32-31(38)33-25-13-8-7-9-14-25)30(37)35-19-17-23-20-27(39-2)28(40-3)21-24(23)22-35/h7-9,13-14,20-21,26H,4-6,10-12,15-19,22H2,1-3H3,(H,34,36)(H2,32,33,38). The number of unbranched alkanes of at least 4 members (excludes halogenated alkanes) is 4. The van der Waals surface area contributed by atoms with Crippen LogP contribution in [0.1, 0.15) is 69.4 Å². The lowest BCUT2D eigenvalue weighted by Gasteiger charge is -2.32. The molecule has 3 N–H and O–H groups in total. The number of amides is 4. The van der Waals surface area contributed by atoms with Crippen LogP contribution in [-0.4, -0.2) is 56.1 Å². The lowest BCUT2D eigenvalue weighted by atomic mass is 9.97. The van der Waals surface area contributed by atoms with E-state index in [1.54, 1.807) is 14.2 Å². The van der Waals surface area contributed by atoms with Crippen molar-refractivity contribution in [3.05, 3.63) is 53.6 Å². The van der Waals surface area contributed by atoms with Gasteiger partial charge in [-0.1, -0.05) is 44.4 Å². The molecule has 1 heterocycles. The van der Waals surface area contributed by atoms with Gasteiger partial charge in [0.15, 0.2) is 11.5 Å². The molecule has 0 bridgehead atoms. The highest BCUT2D eigenvalue weighted by molar-refractivity contribution is 5.89. The number of rotatable bonds is 15. The Hall–Kier alpha value is -3.75. The van der Waals surface area contributed by atoms with Gasteiger partial charge in [-0.3, -0.25) is 9.59 Å². The van der Waals surface area contributed by atoms with Crippen molar-refractivity contribution in [3.63, 3.8) is 0 Å². The molecule has 0 saturated carbocycles. The van der Waals surface area contributed by atoms with Crippen LogP contribution in [-0.2, 0) is 22.6 Å². The molecular formula is C31H44N4O5. The predicted octanol–water partition coefficient (Wildman–Crippen LogP) is 5.04. The van der Waals surface area contributed by atoms with Gasteiger partial charge in [0.25, 0.3) is 0 Å². The average molecular weight is 553 g/mol. The summed E-state index contributed by atoms with van der Waals surface area (Å²) in [7, 11) is 3.21. The molecule has 0 aliphatic carbocycles. The maximum Gasteiger partial charge on any atom is 0.319 e. The van der Waals surface area contributed by atoms with Crippen molar-refractivity contribution in [2.45, 2.75) is 77.3 Å². The van der Waals surface area contributed by atoms with Gasteiger partial charge in [0, 0.05) is 31.7 Å². The molecule has 0 aromatic heterocycles. The van der Waals surface area contributed by atoms with Crippen LogP contribution in [0.4, 0.5) is 10.5 Å². The Morgan fingerprint density at radius 3 is 2.35 bits per heavy atom. The van der Waals surface area contributed by atoms with Crippen molar-refractivity contribution in [2.24, 2.45) is 0 Å². The number of hydrogen-bond acceptors (Lipinski definition) is 5. The summed E-state index contributed by atoms with van der Waals surface area (Å²) in [6, 6.07) is 12.3. The third-order valence-electron chi connectivity index (χ3n) is 7.16. The first-order valence-corrected chi connectivity index (χ1v) is 14.4. The predicted molar refractivity (Wildman–Crippen MR) is 157 cm³/mol. The van der Waals surface area contributed by atoms with Crippen LogP contribution < -0.4 is 25.4 Å². The summed E-state index contributed by atoms with van der Waals surface area (Å²) in [4.78, 5) is 40.3. The zero-order chi connectivity index (χ0) is 28.7. The number of para-hydroxylation sites is 1. The van der Waals surface area contributed by atoms with E-state index in [1.807, 2.05) is 47.4 Å². The van der Waals surface area contributed by atoms with Crippen molar-refractivity contribution < 1.29 is 23.9 Å². The van der Waals surface area contributed by atoms with E-state index < -0.39 is 6.04 Å². The van der Waals surface area contributed by atoms with Crippen LogP contribution in [0.5, 0.6) is 11.5 Å². The summed E-state index contributed by atoms with van der Waals surface area (Å²) in [6.45, 7) is 3.64. The molecule has 0 spiro atoms. The second kappa shape index (κ2) is 16.4. The van der Waals surface area contributed by atoms with E-state index >= 15 is 0 Å². The van der Waals surface area contributed by atoms with Crippen LogP contribution in [0.2, 0.25) is 0 Å². The topological polar surface area (TPSA) is 109 Å². The van der Waals surface area contributed by atoms with Gasteiger partial charge in [-0.2, -0.15) is 0 Å². The van der Waals surface area contributed by atoms with E-state index in [1.165, 1.54) is 0 Å². The van der Waals surface area contributed by atoms with Crippen LogP contribution in [0.3, 0.4) is 0 Å². The zero-order valence-corrected chi connectivity index (χ0v) is 24.1. The molecule has 2 aromatic rings. The zero-order valence-electron chi connectivity index (χ0n) is 24.1. The molecule has 4 amide bonds. The Balaban J connectivity index is 1.56. The smallest absolute Gasteiger partial charge is 0.319 e. The molecule has 0 radical (unpaired) electrons. The Kier molecular flexibility index (Phi) is 12.6. The Labute approximate surface area is 238 Å². The highest BCUT2D eigenvalue weighted by Crippen LogP contribution is 2.33. The molecule has 1 aliphatic rings. The van der Waals surface area contributed by atoms with Crippen LogP contribution in [0.25, 0.3) is 0 Å². The molecule has 9 nitrogen and oxygen atoms in total. The summed E-state index contributed by atoms with van der Waals surface area (Å²) in [5, 5.41) is 8.66. The van der Waals surface area contributed by atoms with E-state index in [9.17, 15) is 14.4 Å². The van der Waals surface area contributed by atoms with Gasteiger partial charge in [0.05, 0.1) is 14.2 Å².